The van der Waals surface area contributed by atoms with Crippen LogP contribution in [0.15, 0.2) is 42.5 Å². The second-order valence-corrected chi connectivity index (χ2v) is 10.6. The zero-order chi connectivity index (χ0) is 31.8. The minimum Gasteiger partial charge on any atom is -0.508 e. The predicted molar refractivity (Wildman–Crippen MR) is 147 cm³/mol. The molecule has 4 aromatic rings. The molecule has 0 saturated heterocycles. The molecular weight excluding hydrogens is 584 g/mol. The van der Waals surface area contributed by atoms with Gasteiger partial charge in [0.2, 0.25) is 0 Å². The van der Waals surface area contributed by atoms with Crippen LogP contribution in [0, 0.1) is 0 Å². The van der Waals surface area contributed by atoms with Gasteiger partial charge >= 0.3 is 0 Å². The summed E-state index contributed by atoms with van der Waals surface area (Å²) in [5.41, 5.74) is -0.410. The molecule has 14 nitrogen and oxygen atoms in total. The third kappa shape index (κ3) is 4.35. The van der Waals surface area contributed by atoms with E-state index >= 15 is 0 Å². The largest absolute Gasteiger partial charge is 0.508 e. The number of aliphatic hydroxyl groups is 2. The number of benzene rings is 4. The van der Waals surface area contributed by atoms with Crippen LogP contribution in [0.5, 0.6) is 69.0 Å². The number of hydrogen-bond donors (Lipinski definition) is 12. The molecule has 0 amide bonds. The molecule has 5 atom stereocenters. The van der Waals surface area contributed by atoms with Crippen molar-refractivity contribution in [1.82, 2.24) is 0 Å². The van der Waals surface area contributed by atoms with Crippen LogP contribution >= 0.6 is 0 Å². The Hall–Kier alpha value is -5.60. The van der Waals surface area contributed by atoms with Gasteiger partial charge in [-0.15, -0.1) is 0 Å². The van der Waals surface area contributed by atoms with E-state index in [1.807, 2.05) is 0 Å². The fraction of sp³-hybridized carbons (Fsp3) is 0.200. The number of hydrogen-bond acceptors (Lipinski definition) is 14. The first-order chi connectivity index (χ1) is 20.8. The van der Waals surface area contributed by atoms with E-state index in [-0.39, 0.29) is 45.7 Å². The van der Waals surface area contributed by atoms with Crippen molar-refractivity contribution < 1.29 is 70.8 Å². The van der Waals surface area contributed by atoms with Crippen molar-refractivity contribution in [3.63, 3.8) is 0 Å². The number of aromatic hydroxyl groups is 10. The molecule has 12 N–H and O–H groups in total. The number of aliphatic hydroxyl groups excluding tert-OH is 2. The monoisotopic (exact) mass is 610 g/mol. The van der Waals surface area contributed by atoms with Crippen LogP contribution in [-0.4, -0.2) is 73.5 Å². The van der Waals surface area contributed by atoms with Crippen LogP contribution in [0.4, 0.5) is 0 Å². The number of rotatable bonds is 3. The molecule has 0 fully saturated rings. The standard InChI is InChI=1S/C30H26O14/c31-11-5-14(33)22-21(6-11)43-29(10-3-18(37)26(41)19(38)4-10)27(42)24(22)23-15(34)8-13(32)12-7-20(39)28(44-30(12)23)9-1-16(35)25(40)17(36)2-9/h1-6,8,20,24,27-29,31-42H,7H2/t20-,24+,27+,28?,29?/m1/s1. The van der Waals surface area contributed by atoms with Crippen LogP contribution < -0.4 is 9.47 Å². The third-order valence-electron chi connectivity index (χ3n) is 7.86. The van der Waals surface area contributed by atoms with Gasteiger partial charge in [-0.3, -0.25) is 0 Å². The lowest BCUT2D eigenvalue weighted by molar-refractivity contribution is 0.00106. The SMILES string of the molecule is Oc1cc(O)c2c(c1)OC(c1cc(O)c(O)c(O)c1)[C@@H](O)[C@@H]2c1c(O)cc(O)c2c1OC(c1cc(O)c(O)c(O)c1)[C@H](O)C2. The summed E-state index contributed by atoms with van der Waals surface area (Å²) in [4.78, 5) is 0. The van der Waals surface area contributed by atoms with Crippen molar-refractivity contribution in [2.75, 3.05) is 0 Å². The second-order valence-electron chi connectivity index (χ2n) is 10.6. The first-order valence-electron chi connectivity index (χ1n) is 13.1. The molecule has 0 saturated carbocycles. The molecular formula is C30H26O14. The van der Waals surface area contributed by atoms with Crippen molar-refractivity contribution in [2.24, 2.45) is 0 Å². The highest BCUT2D eigenvalue weighted by atomic mass is 16.5. The Morgan fingerprint density at radius 1 is 0.523 bits per heavy atom. The van der Waals surface area contributed by atoms with Crippen molar-refractivity contribution in [3.8, 4) is 69.0 Å². The summed E-state index contributed by atoms with van der Waals surface area (Å²) < 4.78 is 12.0. The molecule has 0 bridgehead atoms. The number of fused-ring (bicyclic) bond motifs is 2. The maximum Gasteiger partial charge on any atom is 0.200 e. The smallest absolute Gasteiger partial charge is 0.200 e. The minimum atomic E-state index is -1.75. The van der Waals surface area contributed by atoms with Gasteiger partial charge in [0.05, 0.1) is 12.0 Å². The lowest BCUT2D eigenvalue weighted by Crippen LogP contribution is -2.36. The molecule has 2 heterocycles. The Balaban J connectivity index is 1.56. The highest BCUT2D eigenvalue weighted by Gasteiger charge is 2.46. The Labute approximate surface area is 247 Å². The number of phenolic OH excluding ortho intramolecular Hbond substituents is 10. The van der Waals surface area contributed by atoms with Crippen molar-refractivity contribution in [2.45, 2.75) is 36.8 Å². The highest BCUT2D eigenvalue weighted by Crippen LogP contribution is 2.57. The van der Waals surface area contributed by atoms with Gasteiger partial charge in [-0.2, -0.15) is 0 Å². The van der Waals surface area contributed by atoms with Crippen LogP contribution in [-0.2, 0) is 6.42 Å². The fourth-order valence-electron chi connectivity index (χ4n) is 5.85. The molecule has 0 spiro atoms. The van der Waals surface area contributed by atoms with E-state index in [1.54, 1.807) is 0 Å². The Morgan fingerprint density at radius 3 is 1.61 bits per heavy atom. The summed E-state index contributed by atoms with van der Waals surface area (Å²) in [6.45, 7) is 0. The van der Waals surface area contributed by atoms with Gasteiger partial charge in [-0.05, 0) is 24.3 Å². The van der Waals surface area contributed by atoms with Crippen LogP contribution in [0.1, 0.15) is 45.9 Å². The topological polar surface area (TPSA) is 261 Å². The second kappa shape index (κ2) is 10.00. The summed E-state index contributed by atoms with van der Waals surface area (Å²) in [6.07, 6.45) is -6.26. The molecule has 14 heteroatoms. The van der Waals surface area contributed by atoms with Crippen LogP contribution in [0.2, 0.25) is 0 Å². The van der Waals surface area contributed by atoms with Gasteiger partial charge in [-0.25, -0.2) is 0 Å². The van der Waals surface area contributed by atoms with Crippen molar-refractivity contribution >= 4 is 0 Å². The maximum absolute atomic E-state index is 11.8. The Kier molecular flexibility index (Phi) is 6.48. The maximum atomic E-state index is 11.8. The molecule has 0 radical (unpaired) electrons. The average molecular weight is 611 g/mol. The Bertz CT molecular complexity index is 1770. The third-order valence-corrected chi connectivity index (χ3v) is 7.86. The summed E-state index contributed by atoms with van der Waals surface area (Å²) in [7, 11) is 0. The van der Waals surface area contributed by atoms with E-state index in [0.717, 1.165) is 42.5 Å². The van der Waals surface area contributed by atoms with Crippen LogP contribution in [0.3, 0.4) is 0 Å². The van der Waals surface area contributed by atoms with E-state index in [9.17, 15) is 61.3 Å². The first kappa shape index (κ1) is 28.5. The van der Waals surface area contributed by atoms with E-state index in [4.69, 9.17) is 9.47 Å². The molecule has 6 rings (SSSR count). The zero-order valence-electron chi connectivity index (χ0n) is 22.3. The number of phenols is 10. The normalized spacial score (nSPS) is 22.4. The molecule has 0 aliphatic carbocycles. The van der Waals surface area contributed by atoms with Gasteiger partial charge in [0.1, 0.15) is 40.6 Å². The molecule has 0 aromatic heterocycles. The minimum absolute atomic E-state index is 0.00153. The van der Waals surface area contributed by atoms with Gasteiger partial charge < -0.3 is 70.8 Å². The van der Waals surface area contributed by atoms with Crippen LogP contribution in [0.25, 0.3) is 0 Å². The van der Waals surface area contributed by atoms with Gasteiger partial charge in [0.25, 0.3) is 0 Å². The van der Waals surface area contributed by atoms with E-state index < -0.39 is 87.8 Å². The molecule has 230 valence electrons. The summed E-state index contributed by atoms with van der Waals surface area (Å²) in [5.74, 6) is -8.60. The molecule has 2 aliphatic rings. The lowest BCUT2D eigenvalue weighted by atomic mass is 9.77. The van der Waals surface area contributed by atoms with E-state index in [1.165, 1.54) is 0 Å². The van der Waals surface area contributed by atoms with Crippen molar-refractivity contribution in [3.05, 3.63) is 70.3 Å². The van der Waals surface area contributed by atoms with Gasteiger partial charge in [0.15, 0.2) is 46.7 Å². The number of ether oxygens (including phenoxy) is 2. The highest BCUT2D eigenvalue weighted by molar-refractivity contribution is 5.66. The van der Waals surface area contributed by atoms with Gasteiger partial charge in [-0.1, -0.05) is 0 Å². The molecule has 2 unspecified atom stereocenters. The van der Waals surface area contributed by atoms with Crippen molar-refractivity contribution in [1.29, 1.82) is 0 Å². The zero-order valence-corrected chi connectivity index (χ0v) is 22.3. The molecule has 44 heavy (non-hydrogen) atoms. The van der Waals surface area contributed by atoms with E-state index in [0.29, 0.717) is 0 Å². The summed E-state index contributed by atoms with van der Waals surface area (Å²) >= 11 is 0. The predicted octanol–water partition coefficient (Wildman–Crippen LogP) is 2.41. The Morgan fingerprint density at radius 2 is 1.05 bits per heavy atom. The summed E-state index contributed by atoms with van der Waals surface area (Å²) in [5, 5.41) is 126. The van der Waals surface area contributed by atoms with Gasteiger partial charge in [0, 0.05) is 52.4 Å². The lowest BCUT2D eigenvalue weighted by Gasteiger charge is -2.40. The molecule has 4 aromatic carbocycles. The fourth-order valence-corrected chi connectivity index (χ4v) is 5.85. The molecule has 2 aliphatic heterocycles. The quantitative estimate of drug-likeness (QED) is 0.149. The average Bonchev–Trinajstić information content (AvgIpc) is 2.95. The van der Waals surface area contributed by atoms with E-state index in [2.05, 4.69) is 0 Å². The first-order valence-corrected chi connectivity index (χ1v) is 13.1. The summed E-state index contributed by atoms with van der Waals surface area (Å²) in [6, 6.07) is 7.08.